The van der Waals surface area contributed by atoms with Crippen molar-refractivity contribution in [1.29, 1.82) is 0 Å². The maximum absolute atomic E-state index is 12.5. The molecule has 0 bridgehead atoms. The third kappa shape index (κ3) is 4.72. The maximum atomic E-state index is 12.5. The van der Waals surface area contributed by atoms with Crippen molar-refractivity contribution >= 4 is 44.5 Å². The Morgan fingerprint density at radius 2 is 2.00 bits per heavy atom. The fourth-order valence-electron chi connectivity index (χ4n) is 2.46. The number of hydrogen-bond donors (Lipinski definition) is 1. The zero-order chi connectivity index (χ0) is 21.2. The number of benzene rings is 2. The van der Waals surface area contributed by atoms with Crippen LogP contribution in [0.3, 0.4) is 0 Å². The molecule has 0 aliphatic heterocycles. The lowest BCUT2D eigenvalue weighted by Crippen LogP contribution is -2.22. The van der Waals surface area contributed by atoms with E-state index < -0.39 is 15.3 Å². The first-order chi connectivity index (χ1) is 13.7. The number of anilines is 1. The van der Waals surface area contributed by atoms with Gasteiger partial charge in [0.15, 0.2) is 5.58 Å². The molecule has 29 heavy (non-hydrogen) atoms. The minimum absolute atomic E-state index is 0.128. The molecule has 0 unspecified atom stereocenters. The highest BCUT2D eigenvalue weighted by atomic mass is 32.2. The van der Waals surface area contributed by atoms with E-state index in [2.05, 4.69) is 10.3 Å². The Morgan fingerprint density at radius 1 is 1.24 bits per heavy atom. The van der Waals surface area contributed by atoms with Gasteiger partial charge < -0.3 is 14.5 Å². The molecule has 10 heteroatoms. The van der Waals surface area contributed by atoms with Gasteiger partial charge in [0.25, 0.3) is 5.22 Å². The average molecular weight is 436 g/mol. The Morgan fingerprint density at radius 3 is 2.69 bits per heavy atom. The molecule has 0 aliphatic rings. The summed E-state index contributed by atoms with van der Waals surface area (Å²) in [6.45, 7) is 1.73. The molecule has 0 spiro atoms. The molecule has 0 radical (unpaired) electrons. The van der Waals surface area contributed by atoms with Crippen LogP contribution in [-0.4, -0.2) is 50.1 Å². The average Bonchev–Trinajstić information content (AvgIpc) is 3.09. The second kappa shape index (κ2) is 8.44. The molecule has 154 valence electrons. The fraction of sp³-hybridized carbons (Fsp3) is 0.263. The normalized spacial score (nSPS) is 12.9. The third-order valence-electron chi connectivity index (χ3n) is 4.10. The van der Waals surface area contributed by atoms with Gasteiger partial charge in [-0.2, -0.15) is 0 Å². The van der Waals surface area contributed by atoms with Crippen molar-refractivity contribution in [3.63, 3.8) is 0 Å². The van der Waals surface area contributed by atoms with Gasteiger partial charge in [-0.1, -0.05) is 17.8 Å². The minimum Gasteiger partial charge on any atom is -0.497 e. The lowest BCUT2D eigenvalue weighted by Gasteiger charge is -2.10. The number of hydrogen-bond acceptors (Lipinski definition) is 7. The van der Waals surface area contributed by atoms with Gasteiger partial charge in [-0.15, -0.1) is 0 Å². The summed E-state index contributed by atoms with van der Waals surface area (Å²) in [7, 11) is 0.921. The monoisotopic (exact) mass is 435 g/mol. The Balaban J connectivity index is 1.74. The fourth-order valence-corrected chi connectivity index (χ4v) is 4.14. The second-order valence-electron chi connectivity index (χ2n) is 6.38. The quantitative estimate of drug-likeness (QED) is 0.569. The van der Waals surface area contributed by atoms with Gasteiger partial charge in [-0.05, 0) is 37.3 Å². The first-order valence-electron chi connectivity index (χ1n) is 8.65. The smallest absolute Gasteiger partial charge is 0.257 e. The number of amides is 1. The molecule has 1 heterocycles. The number of carbonyl (C=O) groups excluding carboxylic acids is 1. The first kappa shape index (κ1) is 21.2. The van der Waals surface area contributed by atoms with Gasteiger partial charge in [-0.25, -0.2) is 17.7 Å². The van der Waals surface area contributed by atoms with Crippen LogP contribution in [0.25, 0.3) is 11.1 Å². The summed E-state index contributed by atoms with van der Waals surface area (Å²) in [6.07, 6.45) is 0. The zero-order valence-electron chi connectivity index (χ0n) is 16.4. The van der Waals surface area contributed by atoms with Gasteiger partial charge in [0, 0.05) is 25.8 Å². The van der Waals surface area contributed by atoms with Crippen molar-refractivity contribution in [3.05, 3.63) is 42.5 Å². The van der Waals surface area contributed by atoms with E-state index in [-0.39, 0.29) is 16.0 Å². The Kier molecular flexibility index (Phi) is 6.15. The summed E-state index contributed by atoms with van der Waals surface area (Å²) in [5.41, 5.74) is 1.49. The van der Waals surface area contributed by atoms with E-state index in [0.29, 0.717) is 22.5 Å². The molecule has 1 amide bonds. The van der Waals surface area contributed by atoms with Crippen LogP contribution in [-0.2, 0) is 14.8 Å². The van der Waals surface area contributed by atoms with Crippen molar-refractivity contribution in [2.45, 2.75) is 22.3 Å². The number of sulfonamides is 1. The zero-order valence-corrected chi connectivity index (χ0v) is 18.0. The highest BCUT2D eigenvalue weighted by molar-refractivity contribution is 8.00. The number of oxazole rings is 1. The van der Waals surface area contributed by atoms with Gasteiger partial charge in [0.05, 0.1) is 17.3 Å². The van der Waals surface area contributed by atoms with Gasteiger partial charge in [-0.3, -0.25) is 4.79 Å². The molecule has 2 aromatic carbocycles. The van der Waals surface area contributed by atoms with E-state index in [1.165, 1.54) is 26.2 Å². The van der Waals surface area contributed by atoms with E-state index in [1.54, 1.807) is 44.4 Å². The molecule has 3 aromatic rings. The molecular formula is C19H21N3O5S2. The molecule has 0 saturated carbocycles. The van der Waals surface area contributed by atoms with Gasteiger partial charge in [0.2, 0.25) is 15.9 Å². The molecule has 0 saturated heterocycles. The number of carbonyl (C=O) groups is 1. The molecule has 0 fully saturated rings. The number of thioether (sulfide) groups is 1. The van der Waals surface area contributed by atoms with Crippen LogP contribution in [0.2, 0.25) is 0 Å². The summed E-state index contributed by atoms with van der Waals surface area (Å²) in [6, 6.07) is 11.5. The molecule has 1 atom stereocenters. The van der Waals surface area contributed by atoms with Crippen molar-refractivity contribution in [3.8, 4) is 5.75 Å². The summed E-state index contributed by atoms with van der Waals surface area (Å²) in [5, 5.41) is 2.62. The van der Waals surface area contributed by atoms with E-state index in [4.69, 9.17) is 9.15 Å². The van der Waals surface area contributed by atoms with Crippen LogP contribution in [0.4, 0.5) is 5.69 Å². The van der Waals surface area contributed by atoms with Crippen molar-refractivity contribution < 1.29 is 22.4 Å². The van der Waals surface area contributed by atoms with Crippen LogP contribution < -0.4 is 10.1 Å². The number of methoxy groups -OCH3 is 1. The second-order valence-corrected chi connectivity index (χ2v) is 9.82. The molecule has 1 N–H and O–H groups in total. The maximum Gasteiger partial charge on any atom is 0.257 e. The van der Waals surface area contributed by atoms with Crippen LogP contribution in [0.5, 0.6) is 5.75 Å². The lowest BCUT2D eigenvalue weighted by molar-refractivity contribution is -0.115. The van der Waals surface area contributed by atoms with E-state index >= 15 is 0 Å². The van der Waals surface area contributed by atoms with E-state index in [1.807, 2.05) is 0 Å². The molecular weight excluding hydrogens is 414 g/mol. The highest BCUT2D eigenvalue weighted by Crippen LogP contribution is 2.29. The third-order valence-corrected chi connectivity index (χ3v) is 6.86. The summed E-state index contributed by atoms with van der Waals surface area (Å²) in [5.74, 6) is 0.423. The van der Waals surface area contributed by atoms with Gasteiger partial charge >= 0.3 is 0 Å². The molecule has 1 aromatic heterocycles. The number of rotatable bonds is 7. The van der Waals surface area contributed by atoms with E-state index in [9.17, 15) is 13.2 Å². The number of fused-ring (bicyclic) bond motifs is 1. The van der Waals surface area contributed by atoms with Crippen molar-refractivity contribution in [2.24, 2.45) is 0 Å². The predicted octanol–water partition coefficient (Wildman–Crippen LogP) is 3.21. The molecule has 3 rings (SSSR count). The summed E-state index contributed by atoms with van der Waals surface area (Å²) < 4.78 is 36.5. The summed E-state index contributed by atoms with van der Waals surface area (Å²) >= 11 is 1.15. The van der Waals surface area contributed by atoms with Crippen LogP contribution in [0, 0.1) is 0 Å². The highest BCUT2D eigenvalue weighted by Gasteiger charge is 2.21. The van der Waals surface area contributed by atoms with Crippen LogP contribution in [0.15, 0.2) is 57.0 Å². The van der Waals surface area contributed by atoms with E-state index in [0.717, 1.165) is 16.1 Å². The van der Waals surface area contributed by atoms with Crippen LogP contribution >= 0.6 is 11.8 Å². The number of nitrogens with zero attached hydrogens (tertiary/aromatic N) is 2. The Bertz CT molecular complexity index is 1140. The number of nitrogens with one attached hydrogen (secondary N) is 1. The first-order valence-corrected chi connectivity index (χ1v) is 11.0. The summed E-state index contributed by atoms with van der Waals surface area (Å²) in [4.78, 5) is 16.9. The van der Waals surface area contributed by atoms with Crippen molar-refractivity contribution in [2.75, 3.05) is 26.5 Å². The molecule has 0 aliphatic carbocycles. The van der Waals surface area contributed by atoms with Crippen molar-refractivity contribution in [1.82, 2.24) is 9.29 Å². The largest absolute Gasteiger partial charge is 0.497 e. The minimum atomic E-state index is -3.57. The van der Waals surface area contributed by atoms with Gasteiger partial charge in [0.1, 0.15) is 11.3 Å². The number of aromatic nitrogens is 1. The Hall–Kier alpha value is -2.56. The number of ether oxygens (including phenoxy) is 1. The topological polar surface area (TPSA) is 102 Å². The lowest BCUT2D eigenvalue weighted by atomic mass is 10.3. The van der Waals surface area contributed by atoms with Crippen LogP contribution in [0.1, 0.15) is 6.92 Å². The molecule has 8 nitrogen and oxygen atoms in total. The predicted molar refractivity (Wildman–Crippen MR) is 112 cm³/mol. The Labute approximate surface area is 173 Å². The SMILES string of the molecule is COc1cccc(NC(=O)[C@H](C)Sc2nc3cc(S(=O)(=O)N(C)C)ccc3o2)c1. The standard InChI is InChI=1S/C19H21N3O5S2/c1-12(18(23)20-13-6-5-7-14(10-13)26-4)28-19-21-16-11-15(8-9-17(16)27-19)29(24,25)22(2)3/h5-12H,1-4H3,(H,20,23)/t12-/m0/s1.